The number of benzene rings is 2. The number of piperazine rings is 1. The molecule has 0 N–H and O–H groups in total. The van der Waals surface area contributed by atoms with Gasteiger partial charge in [0.25, 0.3) is 5.91 Å². The smallest absolute Gasteiger partial charge is 0.253 e. The van der Waals surface area contributed by atoms with E-state index in [1.54, 1.807) is 0 Å². The number of carbonyl (C=O) groups is 1. The van der Waals surface area contributed by atoms with Crippen molar-refractivity contribution < 1.29 is 4.79 Å². The van der Waals surface area contributed by atoms with E-state index in [0.29, 0.717) is 19.5 Å². The minimum atomic E-state index is 0.113. The second-order valence-electron chi connectivity index (χ2n) is 7.88. The van der Waals surface area contributed by atoms with Gasteiger partial charge in [-0.3, -0.25) is 4.79 Å². The van der Waals surface area contributed by atoms with E-state index < -0.39 is 0 Å². The topological polar surface area (TPSA) is 49.3 Å². The quantitative estimate of drug-likeness (QED) is 0.499. The highest BCUT2D eigenvalue weighted by Gasteiger charge is 2.24. The maximum absolute atomic E-state index is 12.9. The van der Waals surface area contributed by atoms with Crippen molar-refractivity contribution in [2.24, 2.45) is 0 Å². The molecule has 1 fully saturated rings. The Labute approximate surface area is 192 Å². The van der Waals surface area contributed by atoms with Gasteiger partial charge in [0.1, 0.15) is 5.82 Å². The number of halogens is 1. The van der Waals surface area contributed by atoms with Gasteiger partial charge < -0.3 is 9.80 Å². The van der Waals surface area contributed by atoms with Crippen molar-refractivity contribution in [2.75, 3.05) is 31.1 Å². The molecule has 0 saturated carbocycles. The van der Waals surface area contributed by atoms with Gasteiger partial charge in [0, 0.05) is 54.7 Å². The summed E-state index contributed by atoms with van der Waals surface area (Å²) in [6, 6.07) is 15.9. The first-order chi connectivity index (χ1) is 15.1. The molecule has 4 rings (SSSR count). The third-order valence-corrected chi connectivity index (χ3v) is 6.66. The Morgan fingerprint density at radius 1 is 1.00 bits per heavy atom. The molecule has 0 spiro atoms. The molecule has 0 bridgehead atoms. The molecule has 5 nitrogen and oxygen atoms in total. The zero-order valence-corrected chi connectivity index (χ0v) is 19.3. The van der Waals surface area contributed by atoms with Crippen LogP contribution in [0, 0.1) is 0 Å². The fourth-order valence-electron chi connectivity index (χ4n) is 3.71. The molecule has 2 aromatic carbocycles. The van der Waals surface area contributed by atoms with Gasteiger partial charge in [-0.05, 0) is 48.2 Å². The van der Waals surface area contributed by atoms with Crippen LogP contribution in [0.3, 0.4) is 0 Å². The molecule has 2 heterocycles. The highest BCUT2D eigenvalue weighted by Crippen LogP contribution is 2.22. The summed E-state index contributed by atoms with van der Waals surface area (Å²) in [5.74, 6) is 0.936. The first-order valence-electron chi connectivity index (χ1n) is 10.8. The Hall–Kier alpha value is -2.44. The average Bonchev–Trinajstić information content (AvgIpc) is 3.28. The Morgan fingerprint density at radius 2 is 1.68 bits per heavy atom. The number of nitrogens with zero attached hydrogens (tertiary/aromatic N) is 4. The lowest BCUT2D eigenvalue weighted by Crippen LogP contribution is -2.48. The molecular formula is C24H27ClN4OS. The molecule has 1 aliphatic heterocycles. The number of aromatic nitrogens is 2. The standard InChI is InChI=1S/C24H27ClN4OS/c1-2-3-4-18-5-9-20(10-6-18)23(30)28-13-15-29(16-14-28)24-26-22(27-31-24)17-19-7-11-21(25)12-8-19/h5-12H,2-4,13-17H2,1H3. The SMILES string of the molecule is CCCCc1ccc(C(=O)N2CCN(c3nc(Cc4ccc(Cl)cc4)ns3)CC2)cc1. The van der Waals surface area contributed by atoms with Gasteiger partial charge in [-0.1, -0.05) is 49.2 Å². The highest BCUT2D eigenvalue weighted by atomic mass is 35.5. The summed E-state index contributed by atoms with van der Waals surface area (Å²) in [4.78, 5) is 21.7. The van der Waals surface area contributed by atoms with Crippen molar-refractivity contribution in [1.29, 1.82) is 0 Å². The number of unbranched alkanes of at least 4 members (excludes halogenated alkanes) is 1. The predicted molar refractivity (Wildman–Crippen MR) is 127 cm³/mol. The first kappa shape index (κ1) is 21.8. The lowest BCUT2D eigenvalue weighted by Gasteiger charge is -2.34. The van der Waals surface area contributed by atoms with E-state index in [1.807, 2.05) is 41.3 Å². The Kier molecular flexibility index (Phi) is 7.20. The monoisotopic (exact) mass is 454 g/mol. The molecule has 7 heteroatoms. The van der Waals surface area contributed by atoms with Gasteiger partial charge in [0.05, 0.1) is 0 Å². The Morgan fingerprint density at radius 3 is 2.35 bits per heavy atom. The molecule has 0 atom stereocenters. The summed E-state index contributed by atoms with van der Waals surface area (Å²) in [7, 11) is 0. The maximum atomic E-state index is 12.9. The van der Waals surface area contributed by atoms with Crippen LogP contribution in [-0.2, 0) is 12.8 Å². The predicted octanol–water partition coefficient (Wildman–Crippen LogP) is 5.09. The first-order valence-corrected chi connectivity index (χ1v) is 12.0. The van der Waals surface area contributed by atoms with Crippen LogP contribution in [0.25, 0.3) is 0 Å². The molecule has 3 aromatic rings. The summed E-state index contributed by atoms with van der Waals surface area (Å²) in [6.45, 7) is 5.14. The molecule has 31 heavy (non-hydrogen) atoms. The van der Waals surface area contributed by atoms with Gasteiger partial charge in [-0.25, -0.2) is 4.98 Å². The van der Waals surface area contributed by atoms with Crippen molar-refractivity contribution in [2.45, 2.75) is 32.6 Å². The van der Waals surface area contributed by atoms with Crippen molar-refractivity contribution in [1.82, 2.24) is 14.3 Å². The van der Waals surface area contributed by atoms with Gasteiger partial charge in [-0.15, -0.1) is 0 Å². The Balaban J connectivity index is 1.31. The minimum Gasteiger partial charge on any atom is -0.343 e. The van der Waals surface area contributed by atoms with Crippen LogP contribution in [0.4, 0.5) is 5.13 Å². The number of hydrogen-bond acceptors (Lipinski definition) is 5. The van der Waals surface area contributed by atoms with Gasteiger partial charge >= 0.3 is 0 Å². The van der Waals surface area contributed by atoms with Crippen LogP contribution >= 0.6 is 23.1 Å². The largest absolute Gasteiger partial charge is 0.343 e. The number of amides is 1. The second kappa shape index (κ2) is 10.2. The molecule has 162 valence electrons. The van der Waals surface area contributed by atoms with E-state index in [2.05, 4.69) is 28.3 Å². The molecule has 1 aromatic heterocycles. The Bertz CT molecular complexity index is 995. The second-order valence-corrected chi connectivity index (χ2v) is 9.04. The van der Waals surface area contributed by atoms with Gasteiger partial charge in [-0.2, -0.15) is 4.37 Å². The van der Waals surface area contributed by atoms with E-state index in [-0.39, 0.29) is 5.91 Å². The van der Waals surface area contributed by atoms with E-state index in [9.17, 15) is 4.79 Å². The molecule has 1 amide bonds. The van der Waals surface area contributed by atoms with E-state index >= 15 is 0 Å². The maximum Gasteiger partial charge on any atom is 0.253 e. The van der Waals surface area contributed by atoms with E-state index in [4.69, 9.17) is 16.6 Å². The zero-order chi connectivity index (χ0) is 21.6. The molecule has 1 saturated heterocycles. The third kappa shape index (κ3) is 5.63. The van der Waals surface area contributed by atoms with Crippen molar-refractivity contribution >= 4 is 34.2 Å². The molecule has 0 unspecified atom stereocenters. The number of rotatable bonds is 7. The fourth-order valence-corrected chi connectivity index (χ4v) is 4.57. The molecule has 1 aliphatic rings. The van der Waals surface area contributed by atoms with Crippen molar-refractivity contribution in [3.8, 4) is 0 Å². The van der Waals surface area contributed by atoms with Gasteiger partial charge in [0.15, 0.2) is 0 Å². The molecule has 0 radical (unpaired) electrons. The van der Waals surface area contributed by atoms with E-state index in [0.717, 1.165) is 46.6 Å². The average molecular weight is 455 g/mol. The van der Waals surface area contributed by atoms with Crippen molar-refractivity contribution in [3.05, 3.63) is 76.1 Å². The van der Waals surface area contributed by atoms with Crippen LogP contribution in [-0.4, -0.2) is 46.3 Å². The van der Waals surface area contributed by atoms with Crippen LogP contribution in [0.15, 0.2) is 48.5 Å². The lowest BCUT2D eigenvalue weighted by molar-refractivity contribution is 0.0746. The summed E-state index contributed by atoms with van der Waals surface area (Å²) in [6.07, 6.45) is 4.14. The van der Waals surface area contributed by atoms with Crippen LogP contribution in [0.1, 0.15) is 47.1 Å². The fraction of sp³-hybridized carbons (Fsp3) is 0.375. The summed E-state index contributed by atoms with van der Waals surface area (Å²) in [5.41, 5.74) is 3.22. The van der Waals surface area contributed by atoms with Crippen LogP contribution in [0.5, 0.6) is 0 Å². The summed E-state index contributed by atoms with van der Waals surface area (Å²) < 4.78 is 4.52. The zero-order valence-electron chi connectivity index (χ0n) is 17.8. The van der Waals surface area contributed by atoms with Gasteiger partial charge in [0.2, 0.25) is 5.13 Å². The number of hydrogen-bond donors (Lipinski definition) is 0. The third-order valence-electron chi connectivity index (χ3n) is 5.59. The van der Waals surface area contributed by atoms with Crippen molar-refractivity contribution in [3.63, 3.8) is 0 Å². The van der Waals surface area contributed by atoms with E-state index in [1.165, 1.54) is 29.9 Å². The summed E-state index contributed by atoms with van der Waals surface area (Å²) >= 11 is 7.38. The van der Waals surface area contributed by atoms with Crippen LogP contribution in [0.2, 0.25) is 5.02 Å². The normalized spacial score (nSPS) is 14.1. The molecular weight excluding hydrogens is 428 g/mol. The number of aryl methyl sites for hydroxylation is 1. The summed E-state index contributed by atoms with van der Waals surface area (Å²) in [5, 5.41) is 1.66. The van der Waals surface area contributed by atoms with Crippen LogP contribution < -0.4 is 4.90 Å². The highest BCUT2D eigenvalue weighted by molar-refractivity contribution is 7.09. The number of anilines is 1. The number of carbonyl (C=O) groups excluding carboxylic acids is 1. The lowest BCUT2D eigenvalue weighted by atomic mass is 10.1. The minimum absolute atomic E-state index is 0.113. The molecule has 0 aliphatic carbocycles.